The Morgan fingerprint density at radius 2 is 1.81 bits per heavy atom. The third kappa shape index (κ3) is 4.72. The average molecular weight is 469 g/mol. The minimum atomic E-state index is -3.94. The van der Waals surface area contributed by atoms with Crippen LogP contribution >= 0.6 is 11.6 Å². The average Bonchev–Trinajstić information content (AvgIpc) is 2.79. The molecule has 1 unspecified atom stereocenters. The summed E-state index contributed by atoms with van der Waals surface area (Å²) in [4.78, 5) is 12.8. The molecule has 0 aromatic heterocycles. The van der Waals surface area contributed by atoms with Gasteiger partial charge in [0.15, 0.2) is 0 Å². The van der Waals surface area contributed by atoms with Gasteiger partial charge in [0.05, 0.1) is 5.02 Å². The van der Waals surface area contributed by atoms with Crippen molar-refractivity contribution in [3.63, 3.8) is 0 Å². The van der Waals surface area contributed by atoms with Crippen LogP contribution in [-0.2, 0) is 22.9 Å². The van der Waals surface area contributed by atoms with Gasteiger partial charge in [-0.3, -0.25) is 4.79 Å². The molecule has 1 atom stereocenters. The zero-order valence-corrected chi connectivity index (χ0v) is 19.3. The van der Waals surface area contributed by atoms with Gasteiger partial charge in [-0.05, 0) is 66.6 Å². The molecule has 0 saturated carbocycles. The number of carbonyl (C=O) groups is 1. The lowest BCUT2D eigenvalue weighted by Gasteiger charge is -2.26. The van der Waals surface area contributed by atoms with Gasteiger partial charge >= 0.3 is 0 Å². The standard InChI is InChI=1S/C25H25ClN2O3S/c1-2-17-8-4-6-12-22(17)27-25(29)19-14-15-21(26)24(16-19)32(30,31)28-23-13-7-10-18-9-3-5-11-20(18)23/h3-6,8-9,11-12,14-16,23,28H,2,7,10,13H2,1H3,(H,27,29). The van der Waals surface area contributed by atoms with Crippen molar-refractivity contribution < 1.29 is 13.2 Å². The van der Waals surface area contributed by atoms with Gasteiger partial charge in [-0.25, -0.2) is 13.1 Å². The third-order valence-corrected chi connectivity index (χ3v) is 7.75. The van der Waals surface area contributed by atoms with Crippen molar-refractivity contribution in [2.45, 2.75) is 43.5 Å². The number of sulfonamides is 1. The molecule has 7 heteroatoms. The maximum atomic E-state index is 13.2. The topological polar surface area (TPSA) is 75.3 Å². The molecular formula is C25H25ClN2O3S. The molecule has 0 fully saturated rings. The monoisotopic (exact) mass is 468 g/mol. The van der Waals surface area contributed by atoms with Crippen LogP contribution in [0.15, 0.2) is 71.6 Å². The van der Waals surface area contributed by atoms with E-state index in [-0.39, 0.29) is 27.4 Å². The van der Waals surface area contributed by atoms with Crippen LogP contribution in [-0.4, -0.2) is 14.3 Å². The zero-order valence-electron chi connectivity index (χ0n) is 17.8. The number of aryl methyl sites for hydroxylation is 2. The van der Waals surface area contributed by atoms with Crippen LogP contribution in [0, 0.1) is 0 Å². The number of hydrogen-bond acceptors (Lipinski definition) is 3. The number of amides is 1. The molecule has 32 heavy (non-hydrogen) atoms. The van der Waals surface area contributed by atoms with Crippen molar-refractivity contribution in [1.82, 2.24) is 4.72 Å². The number of hydrogen-bond donors (Lipinski definition) is 2. The molecule has 3 aromatic rings. The van der Waals surface area contributed by atoms with Gasteiger partial charge in [0, 0.05) is 17.3 Å². The Morgan fingerprint density at radius 3 is 2.62 bits per heavy atom. The smallest absolute Gasteiger partial charge is 0.255 e. The number of rotatable bonds is 6. The molecule has 4 rings (SSSR count). The van der Waals surface area contributed by atoms with Gasteiger partial charge in [-0.15, -0.1) is 0 Å². The number of para-hydroxylation sites is 1. The van der Waals surface area contributed by atoms with Crippen LogP contribution in [0.3, 0.4) is 0 Å². The maximum Gasteiger partial charge on any atom is 0.255 e. The van der Waals surface area contributed by atoms with Crippen molar-refractivity contribution in [3.05, 3.63) is 94.0 Å². The second-order valence-corrected chi connectivity index (χ2v) is 9.96. The van der Waals surface area contributed by atoms with E-state index in [4.69, 9.17) is 11.6 Å². The summed E-state index contributed by atoms with van der Waals surface area (Å²) in [6, 6.07) is 19.4. The summed E-state index contributed by atoms with van der Waals surface area (Å²) in [5, 5.41) is 2.95. The number of fused-ring (bicyclic) bond motifs is 1. The Balaban J connectivity index is 1.60. The van der Waals surface area contributed by atoms with E-state index in [1.165, 1.54) is 18.2 Å². The molecule has 0 spiro atoms. The van der Waals surface area contributed by atoms with Crippen LogP contribution in [0.5, 0.6) is 0 Å². The largest absolute Gasteiger partial charge is 0.322 e. The molecule has 166 valence electrons. The molecule has 0 aliphatic heterocycles. The highest BCUT2D eigenvalue weighted by atomic mass is 35.5. The van der Waals surface area contributed by atoms with E-state index in [1.807, 2.05) is 55.5 Å². The lowest BCUT2D eigenvalue weighted by molar-refractivity contribution is 0.102. The molecule has 5 nitrogen and oxygen atoms in total. The Hall–Kier alpha value is -2.67. The molecule has 3 aromatic carbocycles. The predicted molar refractivity (Wildman–Crippen MR) is 128 cm³/mol. The lowest BCUT2D eigenvalue weighted by atomic mass is 9.88. The van der Waals surface area contributed by atoms with Gasteiger partial charge in [-0.1, -0.05) is 61.0 Å². The van der Waals surface area contributed by atoms with E-state index < -0.39 is 10.0 Å². The normalized spacial score (nSPS) is 15.8. The molecule has 0 saturated heterocycles. The minimum absolute atomic E-state index is 0.0760. The Morgan fingerprint density at radius 1 is 1.06 bits per heavy atom. The number of halogens is 1. The Labute approximate surface area is 193 Å². The second-order valence-electron chi connectivity index (χ2n) is 7.87. The second kappa shape index (κ2) is 9.45. The fraction of sp³-hybridized carbons (Fsp3) is 0.240. The first kappa shape index (κ1) is 22.5. The lowest BCUT2D eigenvalue weighted by Crippen LogP contribution is -2.31. The number of carbonyl (C=O) groups excluding carboxylic acids is 1. The van der Waals surface area contributed by atoms with E-state index in [2.05, 4.69) is 10.0 Å². The summed E-state index contributed by atoms with van der Waals surface area (Å²) in [5.74, 6) is -0.387. The van der Waals surface area contributed by atoms with Crippen molar-refractivity contribution in [3.8, 4) is 0 Å². The van der Waals surface area contributed by atoms with Crippen molar-refractivity contribution in [1.29, 1.82) is 0 Å². The van der Waals surface area contributed by atoms with Crippen LogP contribution in [0.2, 0.25) is 5.02 Å². The first-order chi connectivity index (χ1) is 15.4. The van der Waals surface area contributed by atoms with E-state index in [0.29, 0.717) is 12.1 Å². The predicted octanol–water partition coefficient (Wildman–Crippen LogP) is 5.51. The summed E-state index contributed by atoms with van der Waals surface area (Å²) in [6.07, 6.45) is 3.31. The van der Waals surface area contributed by atoms with Crippen molar-refractivity contribution >= 4 is 33.2 Å². The quantitative estimate of drug-likeness (QED) is 0.500. The van der Waals surface area contributed by atoms with Crippen LogP contribution < -0.4 is 10.0 Å². The van der Waals surface area contributed by atoms with Gasteiger partial charge in [0.2, 0.25) is 10.0 Å². The minimum Gasteiger partial charge on any atom is -0.322 e. The number of anilines is 1. The summed E-state index contributed by atoms with van der Waals surface area (Å²) < 4.78 is 29.3. The van der Waals surface area contributed by atoms with Crippen LogP contribution in [0.4, 0.5) is 5.69 Å². The number of benzene rings is 3. The van der Waals surface area contributed by atoms with E-state index in [9.17, 15) is 13.2 Å². The SMILES string of the molecule is CCc1ccccc1NC(=O)c1ccc(Cl)c(S(=O)(=O)NC2CCCc3ccccc32)c1. The van der Waals surface area contributed by atoms with Gasteiger partial charge in [0.1, 0.15) is 4.90 Å². The highest BCUT2D eigenvalue weighted by molar-refractivity contribution is 7.89. The molecule has 0 heterocycles. The van der Waals surface area contributed by atoms with E-state index >= 15 is 0 Å². The fourth-order valence-electron chi connectivity index (χ4n) is 4.12. The Kier molecular flexibility index (Phi) is 6.65. The first-order valence-corrected chi connectivity index (χ1v) is 12.5. The molecule has 1 aliphatic rings. The molecule has 0 bridgehead atoms. The van der Waals surface area contributed by atoms with Crippen molar-refractivity contribution in [2.75, 3.05) is 5.32 Å². The highest BCUT2D eigenvalue weighted by Crippen LogP contribution is 2.32. The summed E-state index contributed by atoms with van der Waals surface area (Å²) in [6.45, 7) is 2.01. The van der Waals surface area contributed by atoms with E-state index in [1.54, 1.807) is 0 Å². The van der Waals surface area contributed by atoms with Gasteiger partial charge in [0.25, 0.3) is 5.91 Å². The summed E-state index contributed by atoms with van der Waals surface area (Å²) in [5.41, 5.74) is 4.07. The van der Waals surface area contributed by atoms with Gasteiger partial charge in [-0.2, -0.15) is 0 Å². The molecule has 2 N–H and O–H groups in total. The van der Waals surface area contributed by atoms with Crippen molar-refractivity contribution in [2.24, 2.45) is 0 Å². The first-order valence-electron chi connectivity index (χ1n) is 10.7. The van der Waals surface area contributed by atoms with Gasteiger partial charge < -0.3 is 5.32 Å². The number of nitrogens with one attached hydrogen (secondary N) is 2. The fourth-order valence-corrected chi connectivity index (χ4v) is 5.90. The summed E-state index contributed by atoms with van der Waals surface area (Å²) in [7, 11) is -3.94. The third-order valence-electron chi connectivity index (χ3n) is 5.80. The summed E-state index contributed by atoms with van der Waals surface area (Å²) >= 11 is 6.26. The van der Waals surface area contributed by atoms with Crippen LogP contribution in [0.1, 0.15) is 52.9 Å². The molecule has 1 aliphatic carbocycles. The van der Waals surface area contributed by atoms with E-state index in [0.717, 1.165) is 36.0 Å². The maximum absolute atomic E-state index is 13.2. The highest BCUT2D eigenvalue weighted by Gasteiger charge is 2.27. The molecule has 0 radical (unpaired) electrons. The van der Waals surface area contributed by atoms with Crippen LogP contribution in [0.25, 0.3) is 0 Å². The zero-order chi connectivity index (χ0) is 22.7. The molecular weight excluding hydrogens is 444 g/mol. The Bertz CT molecular complexity index is 1260. The molecule has 1 amide bonds.